The lowest BCUT2D eigenvalue weighted by Crippen LogP contribution is -2.43. The molecule has 2 rings (SSSR count). The van der Waals surface area contributed by atoms with E-state index in [1.54, 1.807) is 7.11 Å². The summed E-state index contributed by atoms with van der Waals surface area (Å²) in [5, 5.41) is 0. The van der Waals surface area contributed by atoms with Crippen LogP contribution in [-0.4, -0.2) is 25.1 Å². The molecule has 0 N–H and O–H groups in total. The van der Waals surface area contributed by atoms with Crippen LogP contribution < -0.4 is 4.74 Å². The first kappa shape index (κ1) is 13.4. The Labute approximate surface area is 109 Å². The normalized spacial score (nSPS) is 26.9. The number of benzene rings is 1. The topological polar surface area (TPSA) is 27.7 Å². The Morgan fingerprint density at radius 2 is 1.94 bits per heavy atom. The summed E-state index contributed by atoms with van der Waals surface area (Å²) in [6.45, 7) is 6.34. The molecule has 1 aromatic carbocycles. The van der Waals surface area contributed by atoms with Crippen molar-refractivity contribution in [2.75, 3.05) is 7.11 Å². The summed E-state index contributed by atoms with van der Waals surface area (Å²) >= 11 is 0. The SMILES string of the molecule is COc1ccc(C[C@H]2O[C@H](C)CC(C)(C)O2)cc1. The van der Waals surface area contributed by atoms with Crippen molar-refractivity contribution in [1.29, 1.82) is 0 Å². The molecule has 1 saturated heterocycles. The van der Waals surface area contributed by atoms with Crippen LogP contribution in [0.25, 0.3) is 0 Å². The van der Waals surface area contributed by atoms with Crippen molar-refractivity contribution in [3.05, 3.63) is 29.8 Å². The van der Waals surface area contributed by atoms with E-state index in [-0.39, 0.29) is 18.0 Å². The second-order valence-corrected chi connectivity index (χ2v) is 5.51. The summed E-state index contributed by atoms with van der Waals surface area (Å²) < 4.78 is 16.9. The van der Waals surface area contributed by atoms with Gasteiger partial charge in [0.05, 0.1) is 18.8 Å². The molecule has 1 aliphatic heterocycles. The Hall–Kier alpha value is -1.06. The maximum absolute atomic E-state index is 5.95. The molecule has 3 nitrogen and oxygen atoms in total. The maximum Gasteiger partial charge on any atom is 0.162 e. The van der Waals surface area contributed by atoms with E-state index in [4.69, 9.17) is 14.2 Å². The lowest BCUT2D eigenvalue weighted by molar-refractivity contribution is -0.267. The first-order chi connectivity index (χ1) is 8.48. The van der Waals surface area contributed by atoms with Gasteiger partial charge in [0, 0.05) is 12.8 Å². The van der Waals surface area contributed by atoms with Crippen molar-refractivity contribution < 1.29 is 14.2 Å². The second-order valence-electron chi connectivity index (χ2n) is 5.51. The first-order valence-corrected chi connectivity index (χ1v) is 6.45. The van der Waals surface area contributed by atoms with Crippen LogP contribution in [0.2, 0.25) is 0 Å². The average Bonchev–Trinajstić information content (AvgIpc) is 2.27. The summed E-state index contributed by atoms with van der Waals surface area (Å²) in [7, 11) is 1.67. The van der Waals surface area contributed by atoms with Crippen LogP contribution in [0.4, 0.5) is 0 Å². The minimum Gasteiger partial charge on any atom is -0.497 e. The molecule has 0 spiro atoms. The Morgan fingerprint density at radius 3 is 2.50 bits per heavy atom. The molecule has 0 amide bonds. The third kappa shape index (κ3) is 3.47. The van der Waals surface area contributed by atoms with Gasteiger partial charge in [-0.1, -0.05) is 12.1 Å². The van der Waals surface area contributed by atoms with Gasteiger partial charge in [-0.2, -0.15) is 0 Å². The van der Waals surface area contributed by atoms with Crippen LogP contribution in [0, 0.1) is 0 Å². The van der Waals surface area contributed by atoms with Gasteiger partial charge in [0.15, 0.2) is 6.29 Å². The van der Waals surface area contributed by atoms with Crippen LogP contribution in [0.5, 0.6) is 5.75 Å². The van der Waals surface area contributed by atoms with Crippen LogP contribution in [-0.2, 0) is 15.9 Å². The third-order valence-electron chi connectivity index (χ3n) is 3.18. The van der Waals surface area contributed by atoms with Gasteiger partial charge < -0.3 is 14.2 Å². The molecule has 0 aliphatic carbocycles. The average molecular weight is 250 g/mol. The molecule has 0 aromatic heterocycles. The fraction of sp³-hybridized carbons (Fsp3) is 0.600. The van der Waals surface area contributed by atoms with Gasteiger partial charge in [0.1, 0.15) is 5.75 Å². The Morgan fingerprint density at radius 1 is 1.28 bits per heavy atom. The van der Waals surface area contributed by atoms with Crippen molar-refractivity contribution >= 4 is 0 Å². The van der Waals surface area contributed by atoms with Crippen molar-refractivity contribution in [2.24, 2.45) is 0 Å². The summed E-state index contributed by atoms with van der Waals surface area (Å²) in [5.41, 5.74) is 1.10. The molecule has 18 heavy (non-hydrogen) atoms. The number of methoxy groups -OCH3 is 1. The molecule has 0 radical (unpaired) electrons. The first-order valence-electron chi connectivity index (χ1n) is 6.45. The van der Waals surface area contributed by atoms with Crippen LogP contribution in [0.15, 0.2) is 24.3 Å². The highest BCUT2D eigenvalue weighted by atomic mass is 16.7. The minimum atomic E-state index is -0.155. The van der Waals surface area contributed by atoms with Crippen molar-refractivity contribution in [3.8, 4) is 5.75 Å². The van der Waals surface area contributed by atoms with Gasteiger partial charge in [-0.25, -0.2) is 0 Å². The van der Waals surface area contributed by atoms with E-state index in [1.807, 2.05) is 12.1 Å². The molecule has 0 unspecified atom stereocenters. The highest BCUT2D eigenvalue weighted by Crippen LogP contribution is 2.29. The quantitative estimate of drug-likeness (QED) is 0.824. The van der Waals surface area contributed by atoms with Gasteiger partial charge >= 0.3 is 0 Å². The molecule has 2 atom stereocenters. The fourth-order valence-electron chi connectivity index (χ4n) is 2.48. The monoisotopic (exact) mass is 250 g/mol. The van der Waals surface area contributed by atoms with Gasteiger partial charge in [0.2, 0.25) is 0 Å². The van der Waals surface area contributed by atoms with E-state index in [0.717, 1.165) is 18.6 Å². The Balaban J connectivity index is 1.99. The number of hydrogen-bond donors (Lipinski definition) is 0. The largest absolute Gasteiger partial charge is 0.497 e. The molecular formula is C15H22O3. The molecule has 0 saturated carbocycles. The molecule has 0 bridgehead atoms. The van der Waals surface area contributed by atoms with Crippen molar-refractivity contribution in [1.82, 2.24) is 0 Å². The summed E-state index contributed by atoms with van der Waals surface area (Å²) in [6, 6.07) is 8.04. The zero-order valence-electron chi connectivity index (χ0n) is 11.6. The standard InChI is InChI=1S/C15H22O3/c1-11-10-15(2,3)18-14(17-11)9-12-5-7-13(16-4)8-6-12/h5-8,11,14H,9-10H2,1-4H3/t11-,14+/m1/s1. The zero-order valence-corrected chi connectivity index (χ0v) is 11.6. The van der Waals surface area contributed by atoms with E-state index in [0.29, 0.717) is 0 Å². The second kappa shape index (κ2) is 5.29. The van der Waals surface area contributed by atoms with Crippen LogP contribution in [0.3, 0.4) is 0 Å². The van der Waals surface area contributed by atoms with E-state index in [9.17, 15) is 0 Å². The molecular weight excluding hydrogens is 228 g/mol. The van der Waals surface area contributed by atoms with Gasteiger partial charge in [0.25, 0.3) is 0 Å². The molecule has 3 heteroatoms. The summed E-state index contributed by atoms with van der Waals surface area (Å²) in [6.07, 6.45) is 1.80. The highest BCUT2D eigenvalue weighted by Gasteiger charge is 2.33. The predicted octanol–water partition coefficient (Wildman–Crippen LogP) is 3.17. The van der Waals surface area contributed by atoms with E-state index in [1.165, 1.54) is 5.56 Å². The highest BCUT2D eigenvalue weighted by molar-refractivity contribution is 5.27. The lowest BCUT2D eigenvalue weighted by Gasteiger charge is -2.39. The molecule has 1 aromatic rings. The van der Waals surface area contributed by atoms with E-state index in [2.05, 4.69) is 32.9 Å². The maximum atomic E-state index is 5.95. The van der Waals surface area contributed by atoms with Crippen LogP contribution in [0.1, 0.15) is 32.8 Å². The van der Waals surface area contributed by atoms with Gasteiger partial charge in [-0.15, -0.1) is 0 Å². The smallest absolute Gasteiger partial charge is 0.162 e. The molecule has 1 aliphatic rings. The van der Waals surface area contributed by atoms with E-state index < -0.39 is 0 Å². The molecule has 1 fully saturated rings. The third-order valence-corrected chi connectivity index (χ3v) is 3.18. The van der Waals surface area contributed by atoms with Crippen LogP contribution >= 0.6 is 0 Å². The fourth-order valence-corrected chi connectivity index (χ4v) is 2.48. The van der Waals surface area contributed by atoms with Gasteiger partial charge in [-0.05, 0) is 38.5 Å². The Bertz CT molecular complexity index is 383. The Kier molecular flexibility index (Phi) is 3.93. The zero-order chi connectivity index (χ0) is 13.2. The predicted molar refractivity (Wildman–Crippen MR) is 70.8 cm³/mol. The molecule has 100 valence electrons. The number of ether oxygens (including phenoxy) is 3. The van der Waals surface area contributed by atoms with Crippen molar-refractivity contribution in [3.63, 3.8) is 0 Å². The summed E-state index contributed by atoms with van der Waals surface area (Å²) in [5.74, 6) is 0.873. The van der Waals surface area contributed by atoms with Crippen molar-refractivity contribution in [2.45, 2.75) is 51.6 Å². The number of rotatable bonds is 3. The van der Waals surface area contributed by atoms with E-state index >= 15 is 0 Å². The van der Waals surface area contributed by atoms with Gasteiger partial charge in [-0.3, -0.25) is 0 Å². The minimum absolute atomic E-state index is 0.102. The lowest BCUT2D eigenvalue weighted by atomic mass is 9.99. The molecule has 1 heterocycles. The number of hydrogen-bond acceptors (Lipinski definition) is 3. The summed E-state index contributed by atoms with van der Waals surface area (Å²) in [4.78, 5) is 0.